The Morgan fingerprint density at radius 2 is 1.00 bits per heavy atom. The van der Waals surface area contributed by atoms with Gasteiger partial charge in [-0.25, -0.2) is 0 Å². The van der Waals surface area contributed by atoms with Crippen molar-refractivity contribution in [1.29, 1.82) is 0 Å². The largest absolute Gasteiger partial charge is 0.0867 e. The third kappa shape index (κ3) is 6.78. The van der Waals surface area contributed by atoms with Crippen molar-refractivity contribution in [2.24, 2.45) is 0 Å². The Balaban J connectivity index is 1.57. The molecule has 160 valence electrons. The van der Waals surface area contributed by atoms with E-state index in [1.54, 1.807) is 26.3 Å². The van der Waals surface area contributed by atoms with E-state index in [-0.39, 0.29) is 0 Å². The second-order valence-corrected chi connectivity index (χ2v) is 10.0. The summed E-state index contributed by atoms with van der Waals surface area (Å²) in [5.74, 6) is 0. The summed E-state index contributed by atoms with van der Waals surface area (Å²) in [6, 6.07) is 9.20. The predicted octanol–water partition coefficient (Wildman–Crippen LogP) is 9.89. The molecule has 29 heavy (non-hydrogen) atoms. The van der Waals surface area contributed by atoms with Gasteiger partial charge in [-0.1, -0.05) is 127 Å². The Morgan fingerprint density at radius 3 is 1.59 bits per heavy atom. The van der Waals surface area contributed by atoms with Crippen LogP contribution in [0, 0.1) is 0 Å². The molecule has 0 radical (unpaired) electrons. The van der Waals surface area contributed by atoms with E-state index < -0.39 is 0 Å². The van der Waals surface area contributed by atoms with Crippen molar-refractivity contribution in [3.63, 3.8) is 0 Å². The molecule has 0 saturated carbocycles. The maximum atomic E-state index is 2.39. The fourth-order valence-electron chi connectivity index (χ4n) is 4.76. The van der Waals surface area contributed by atoms with Gasteiger partial charge in [-0.05, 0) is 47.6 Å². The Kier molecular flexibility index (Phi) is 9.94. The fraction of sp³-hybridized carbons (Fsp3) is 0.643. The van der Waals surface area contributed by atoms with Gasteiger partial charge >= 0.3 is 0 Å². The molecule has 0 nitrogen and oxygen atoms in total. The number of aryl methyl sites for hydroxylation is 1. The van der Waals surface area contributed by atoms with Gasteiger partial charge in [0.1, 0.15) is 0 Å². The first-order valence-corrected chi connectivity index (χ1v) is 13.4. The molecule has 1 heteroatoms. The number of unbranched alkanes of at least 4 members (excludes halogenated alkanes) is 12. The van der Waals surface area contributed by atoms with Crippen LogP contribution in [0.4, 0.5) is 0 Å². The van der Waals surface area contributed by atoms with Gasteiger partial charge in [0.2, 0.25) is 0 Å². The molecule has 0 atom stereocenters. The summed E-state index contributed by atoms with van der Waals surface area (Å²) < 4.78 is 0. The topological polar surface area (TPSA) is 0 Å². The SMILES string of the molecule is CCCCCCCCCc1c2c(c3ccccc3c1CCCCCCCCC)S2. The van der Waals surface area contributed by atoms with E-state index >= 15 is 0 Å². The molecule has 0 bridgehead atoms. The van der Waals surface area contributed by atoms with Crippen LogP contribution in [0.5, 0.6) is 0 Å². The first-order chi connectivity index (χ1) is 14.4. The molecule has 0 amide bonds. The number of fused-ring (bicyclic) bond motifs is 3. The highest BCUT2D eigenvalue weighted by atomic mass is 32.2. The summed E-state index contributed by atoms with van der Waals surface area (Å²) >= 11 is 2.06. The lowest BCUT2D eigenvalue weighted by atomic mass is 9.91. The Labute approximate surface area is 184 Å². The molecule has 0 N–H and O–H groups in total. The smallest absolute Gasteiger partial charge is 0.0343 e. The van der Waals surface area contributed by atoms with Crippen LogP contribution in [0.15, 0.2) is 34.1 Å². The lowest BCUT2D eigenvalue weighted by molar-refractivity contribution is 0.582. The second kappa shape index (κ2) is 12.7. The van der Waals surface area contributed by atoms with Crippen LogP contribution in [-0.2, 0) is 12.8 Å². The Hall–Kier alpha value is -0.950. The molecule has 0 saturated heterocycles. The quantitative estimate of drug-likeness (QED) is 0.167. The number of hydrogen-bond donors (Lipinski definition) is 0. The maximum Gasteiger partial charge on any atom is 0.0343 e. The van der Waals surface area contributed by atoms with Crippen molar-refractivity contribution in [2.75, 3.05) is 0 Å². The van der Waals surface area contributed by atoms with Crippen molar-refractivity contribution in [1.82, 2.24) is 0 Å². The van der Waals surface area contributed by atoms with Crippen molar-refractivity contribution >= 4 is 22.5 Å². The predicted molar refractivity (Wildman–Crippen MR) is 131 cm³/mol. The molecule has 0 fully saturated rings. The summed E-state index contributed by atoms with van der Waals surface area (Å²) in [6.07, 6.45) is 22.2. The van der Waals surface area contributed by atoms with E-state index in [1.165, 1.54) is 108 Å². The average molecular weight is 411 g/mol. The van der Waals surface area contributed by atoms with Crippen molar-refractivity contribution in [2.45, 2.75) is 126 Å². The first-order valence-electron chi connectivity index (χ1n) is 12.6. The standard InChI is InChI=1S/C28H42S/c1-3-5-7-9-11-13-15-19-23-24-20-17-18-22-26(24)28-27(29-28)25(23)21-16-14-12-10-8-6-4-2/h17-18,20,22H,3-16,19,21H2,1-2H3. The Morgan fingerprint density at radius 1 is 0.517 bits per heavy atom. The number of rotatable bonds is 16. The summed E-state index contributed by atoms with van der Waals surface area (Å²) in [5, 5.41) is 3.08. The van der Waals surface area contributed by atoms with E-state index in [2.05, 4.69) is 49.9 Å². The van der Waals surface area contributed by atoms with Crippen molar-refractivity contribution < 1.29 is 0 Å². The second-order valence-electron chi connectivity index (χ2n) is 9.01. The molecule has 1 aliphatic rings. The molecule has 1 heterocycles. The normalized spacial score (nSPS) is 12.5. The van der Waals surface area contributed by atoms with E-state index in [1.807, 2.05) is 0 Å². The van der Waals surface area contributed by atoms with E-state index in [0.717, 1.165) is 0 Å². The van der Waals surface area contributed by atoms with Gasteiger partial charge in [-0.15, -0.1) is 0 Å². The van der Waals surface area contributed by atoms with Gasteiger partial charge in [0.25, 0.3) is 0 Å². The van der Waals surface area contributed by atoms with Gasteiger partial charge < -0.3 is 0 Å². The van der Waals surface area contributed by atoms with E-state index in [9.17, 15) is 0 Å². The minimum Gasteiger partial charge on any atom is -0.0867 e. The summed E-state index contributed by atoms with van der Waals surface area (Å²) in [5.41, 5.74) is 3.42. The molecule has 0 unspecified atom stereocenters. The maximum absolute atomic E-state index is 2.39. The zero-order valence-corrected chi connectivity index (χ0v) is 19.8. The molecule has 2 aromatic carbocycles. The molecular formula is C28H42S. The minimum atomic E-state index is 1.29. The van der Waals surface area contributed by atoms with Gasteiger partial charge in [0.15, 0.2) is 0 Å². The molecule has 1 aliphatic heterocycles. The van der Waals surface area contributed by atoms with Gasteiger partial charge in [-0.2, -0.15) is 0 Å². The summed E-state index contributed by atoms with van der Waals surface area (Å²) in [4.78, 5) is 3.23. The van der Waals surface area contributed by atoms with Crippen LogP contribution in [-0.4, -0.2) is 0 Å². The zero-order valence-electron chi connectivity index (χ0n) is 19.0. The Bertz CT molecular complexity index is 746. The fourth-order valence-corrected chi connectivity index (χ4v) is 5.79. The number of benzene rings is 2. The molecule has 0 spiro atoms. The molecule has 2 aromatic rings. The van der Waals surface area contributed by atoms with E-state index in [0.29, 0.717) is 0 Å². The molecular weight excluding hydrogens is 368 g/mol. The van der Waals surface area contributed by atoms with Crippen molar-refractivity contribution in [3.05, 3.63) is 35.4 Å². The zero-order chi connectivity index (χ0) is 20.3. The minimum absolute atomic E-state index is 1.29. The average Bonchev–Trinajstić information content (AvgIpc) is 3.54. The molecule has 3 rings (SSSR count). The lowest BCUT2D eigenvalue weighted by Gasteiger charge is -2.13. The van der Waals surface area contributed by atoms with Crippen LogP contribution in [0.3, 0.4) is 0 Å². The van der Waals surface area contributed by atoms with Gasteiger partial charge in [0.05, 0.1) is 0 Å². The highest BCUT2D eigenvalue weighted by Gasteiger charge is 2.28. The number of hydrogen-bond acceptors (Lipinski definition) is 1. The van der Waals surface area contributed by atoms with Gasteiger partial charge in [-0.3, -0.25) is 0 Å². The van der Waals surface area contributed by atoms with Crippen LogP contribution in [0.1, 0.15) is 115 Å². The first kappa shape index (κ1) is 22.7. The summed E-state index contributed by atoms with van der Waals surface area (Å²) in [6.45, 7) is 4.61. The van der Waals surface area contributed by atoms with E-state index in [4.69, 9.17) is 0 Å². The third-order valence-electron chi connectivity index (χ3n) is 6.56. The van der Waals surface area contributed by atoms with Gasteiger partial charge in [0, 0.05) is 9.79 Å². The van der Waals surface area contributed by atoms with Crippen LogP contribution in [0.25, 0.3) is 10.8 Å². The summed E-state index contributed by atoms with van der Waals surface area (Å²) in [7, 11) is 0. The van der Waals surface area contributed by atoms with Crippen LogP contribution >= 0.6 is 11.8 Å². The highest BCUT2D eigenvalue weighted by Crippen LogP contribution is 2.56. The molecule has 0 aliphatic carbocycles. The third-order valence-corrected chi connectivity index (χ3v) is 7.64. The van der Waals surface area contributed by atoms with Crippen molar-refractivity contribution in [3.8, 4) is 0 Å². The highest BCUT2D eigenvalue weighted by molar-refractivity contribution is 8.05. The lowest BCUT2D eigenvalue weighted by Crippen LogP contribution is -1.97. The van der Waals surface area contributed by atoms with Crippen LogP contribution < -0.4 is 0 Å². The van der Waals surface area contributed by atoms with Crippen LogP contribution in [0.2, 0.25) is 0 Å². The monoisotopic (exact) mass is 410 g/mol. The molecule has 0 aromatic heterocycles.